The van der Waals surface area contributed by atoms with Gasteiger partial charge in [-0.1, -0.05) is 0 Å². The van der Waals surface area contributed by atoms with Crippen LogP contribution in [0.2, 0.25) is 0 Å². The third kappa shape index (κ3) is 2.84. The van der Waals surface area contributed by atoms with Crippen LogP contribution in [-0.4, -0.2) is 62.4 Å². The Hall–Kier alpha value is -2.48. The van der Waals surface area contributed by atoms with E-state index in [2.05, 4.69) is 10.1 Å². The largest absolute Gasteiger partial charge is 0.479 e. The highest BCUT2D eigenvalue weighted by molar-refractivity contribution is 5.98. The molecule has 1 N–H and O–H groups in total. The molecule has 1 atom stereocenters. The lowest BCUT2D eigenvalue weighted by Gasteiger charge is -2.31. The van der Waals surface area contributed by atoms with E-state index in [1.807, 2.05) is 18.5 Å². The summed E-state index contributed by atoms with van der Waals surface area (Å²) in [5.74, 6) is -1.29. The van der Waals surface area contributed by atoms with Gasteiger partial charge in [-0.05, 0) is 26.8 Å². The Morgan fingerprint density at radius 3 is 2.83 bits per heavy atom. The summed E-state index contributed by atoms with van der Waals surface area (Å²) in [6.07, 6.45) is 0.709. The number of fused-ring (bicyclic) bond motifs is 1. The molecule has 1 saturated heterocycles. The number of aryl methyl sites for hydroxylation is 1. The average Bonchev–Trinajstić information content (AvgIpc) is 2.96. The third-order valence-corrected chi connectivity index (χ3v) is 4.11. The van der Waals surface area contributed by atoms with Crippen molar-refractivity contribution in [3.05, 3.63) is 23.5 Å². The van der Waals surface area contributed by atoms with Gasteiger partial charge in [-0.2, -0.15) is 5.10 Å². The maximum atomic E-state index is 12.8. The lowest BCUT2D eigenvalue weighted by Crippen LogP contribution is -2.48. The standard InChI is InChI=1S/C16H20N4O4/c1-9(2)20-14-11(7-17-20)6-12(10(3)18-14)15(21)19-4-5-24-13(8-19)16(22)23/h6-7,9,13H,4-5,8H2,1-3H3,(H,22,23)/t13-/m0/s1. The molecule has 2 aromatic rings. The van der Waals surface area contributed by atoms with Gasteiger partial charge in [0.1, 0.15) is 0 Å². The van der Waals surface area contributed by atoms with Crippen molar-refractivity contribution < 1.29 is 19.4 Å². The summed E-state index contributed by atoms with van der Waals surface area (Å²) in [4.78, 5) is 29.9. The number of rotatable bonds is 3. The van der Waals surface area contributed by atoms with E-state index in [0.717, 1.165) is 11.0 Å². The van der Waals surface area contributed by atoms with Crippen LogP contribution in [0.4, 0.5) is 0 Å². The molecule has 3 rings (SSSR count). The Bertz CT molecular complexity index is 799. The number of amides is 1. The molecular weight excluding hydrogens is 312 g/mol. The summed E-state index contributed by atoms with van der Waals surface area (Å²) >= 11 is 0. The zero-order valence-electron chi connectivity index (χ0n) is 13.9. The van der Waals surface area contributed by atoms with Crippen molar-refractivity contribution >= 4 is 22.9 Å². The van der Waals surface area contributed by atoms with Crippen LogP contribution in [-0.2, 0) is 9.53 Å². The van der Waals surface area contributed by atoms with E-state index in [0.29, 0.717) is 17.8 Å². The minimum atomic E-state index is -1.06. The summed E-state index contributed by atoms with van der Waals surface area (Å²) in [7, 11) is 0. The molecule has 1 aliphatic rings. The molecule has 1 amide bonds. The molecule has 2 aromatic heterocycles. The van der Waals surface area contributed by atoms with E-state index in [-0.39, 0.29) is 25.1 Å². The van der Waals surface area contributed by atoms with Crippen molar-refractivity contribution in [2.24, 2.45) is 0 Å². The molecule has 0 saturated carbocycles. The van der Waals surface area contributed by atoms with Crippen LogP contribution in [0.1, 0.15) is 35.9 Å². The molecule has 3 heterocycles. The highest BCUT2D eigenvalue weighted by atomic mass is 16.5. The van der Waals surface area contributed by atoms with Crippen LogP contribution in [0.15, 0.2) is 12.3 Å². The number of carbonyl (C=O) groups is 2. The normalized spacial score (nSPS) is 18.3. The van der Waals surface area contributed by atoms with Gasteiger partial charge in [-0.15, -0.1) is 0 Å². The van der Waals surface area contributed by atoms with Crippen molar-refractivity contribution in [2.75, 3.05) is 19.7 Å². The van der Waals surface area contributed by atoms with Gasteiger partial charge in [0, 0.05) is 18.0 Å². The van der Waals surface area contributed by atoms with Crippen LogP contribution in [0.5, 0.6) is 0 Å². The van der Waals surface area contributed by atoms with Gasteiger partial charge in [-0.3, -0.25) is 4.79 Å². The van der Waals surface area contributed by atoms with Crippen molar-refractivity contribution in [3.63, 3.8) is 0 Å². The summed E-state index contributed by atoms with van der Waals surface area (Å²) < 4.78 is 6.97. The van der Waals surface area contributed by atoms with E-state index in [1.54, 1.807) is 19.2 Å². The Balaban J connectivity index is 1.92. The lowest BCUT2D eigenvalue weighted by molar-refractivity contribution is -0.154. The second-order valence-corrected chi connectivity index (χ2v) is 6.17. The third-order valence-electron chi connectivity index (χ3n) is 4.11. The maximum Gasteiger partial charge on any atom is 0.334 e. The zero-order chi connectivity index (χ0) is 17.4. The van der Waals surface area contributed by atoms with Crippen molar-refractivity contribution in [2.45, 2.75) is 32.9 Å². The van der Waals surface area contributed by atoms with Crippen molar-refractivity contribution in [1.82, 2.24) is 19.7 Å². The molecule has 0 aromatic carbocycles. The molecule has 1 fully saturated rings. The first-order valence-electron chi connectivity index (χ1n) is 7.87. The van der Waals surface area contributed by atoms with Crippen LogP contribution in [0, 0.1) is 6.92 Å². The number of morpholine rings is 1. The topological polar surface area (TPSA) is 97.5 Å². The van der Waals surface area contributed by atoms with E-state index < -0.39 is 12.1 Å². The quantitative estimate of drug-likeness (QED) is 0.908. The van der Waals surface area contributed by atoms with Crippen LogP contribution in [0.3, 0.4) is 0 Å². The number of aromatic nitrogens is 3. The van der Waals surface area contributed by atoms with Crippen LogP contribution < -0.4 is 0 Å². The predicted octanol–water partition coefficient (Wildman–Crippen LogP) is 1.25. The number of ether oxygens (including phenoxy) is 1. The molecule has 0 radical (unpaired) electrons. The minimum absolute atomic E-state index is 0.0386. The van der Waals surface area contributed by atoms with Gasteiger partial charge in [-0.25, -0.2) is 14.5 Å². The fourth-order valence-electron chi connectivity index (χ4n) is 2.81. The second-order valence-electron chi connectivity index (χ2n) is 6.17. The number of carboxylic acid groups (broad SMARTS) is 1. The van der Waals surface area contributed by atoms with Gasteiger partial charge in [0.15, 0.2) is 11.8 Å². The lowest BCUT2D eigenvalue weighted by atomic mass is 10.1. The zero-order valence-corrected chi connectivity index (χ0v) is 13.9. The number of pyridine rings is 1. The molecule has 1 aliphatic heterocycles. The maximum absolute atomic E-state index is 12.8. The Morgan fingerprint density at radius 2 is 2.17 bits per heavy atom. The fraction of sp³-hybridized carbons (Fsp3) is 0.500. The van der Waals surface area contributed by atoms with E-state index >= 15 is 0 Å². The van der Waals surface area contributed by atoms with Crippen LogP contribution in [0.25, 0.3) is 11.0 Å². The van der Waals surface area contributed by atoms with E-state index in [1.165, 1.54) is 4.90 Å². The number of hydrogen-bond acceptors (Lipinski definition) is 5. The molecule has 0 spiro atoms. The van der Waals surface area contributed by atoms with Crippen molar-refractivity contribution in [3.8, 4) is 0 Å². The smallest absolute Gasteiger partial charge is 0.334 e. The SMILES string of the molecule is Cc1nc2c(cnn2C(C)C)cc1C(=O)N1CCO[C@H](C(=O)O)C1. The minimum Gasteiger partial charge on any atom is -0.479 e. The summed E-state index contributed by atoms with van der Waals surface area (Å²) in [6.45, 7) is 6.43. The first-order valence-corrected chi connectivity index (χ1v) is 7.87. The molecule has 8 nitrogen and oxygen atoms in total. The highest BCUT2D eigenvalue weighted by Crippen LogP contribution is 2.21. The Labute approximate surface area is 139 Å². The fourth-order valence-corrected chi connectivity index (χ4v) is 2.81. The first kappa shape index (κ1) is 16.4. The van der Waals surface area contributed by atoms with Gasteiger partial charge in [0.2, 0.25) is 0 Å². The summed E-state index contributed by atoms with van der Waals surface area (Å²) in [6, 6.07) is 1.95. The molecular formula is C16H20N4O4. The Morgan fingerprint density at radius 1 is 1.42 bits per heavy atom. The van der Waals surface area contributed by atoms with Crippen molar-refractivity contribution in [1.29, 1.82) is 0 Å². The molecule has 0 aliphatic carbocycles. The number of hydrogen-bond donors (Lipinski definition) is 1. The Kier molecular flexibility index (Phi) is 4.23. The highest BCUT2D eigenvalue weighted by Gasteiger charge is 2.30. The summed E-state index contributed by atoms with van der Waals surface area (Å²) in [5.41, 5.74) is 1.81. The molecule has 0 unspecified atom stereocenters. The number of carbonyl (C=O) groups excluding carboxylic acids is 1. The van der Waals surface area contributed by atoms with Gasteiger partial charge in [0.05, 0.1) is 30.6 Å². The summed E-state index contributed by atoms with van der Waals surface area (Å²) in [5, 5.41) is 14.2. The van der Waals surface area contributed by atoms with E-state index in [9.17, 15) is 9.59 Å². The van der Waals surface area contributed by atoms with E-state index in [4.69, 9.17) is 9.84 Å². The molecule has 8 heteroatoms. The second kappa shape index (κ2) is 6.20. The molecule has 24 heavy (non-hydrogen) atoms. The first-order chi connectivity index (χ1) is 11.4. The number of nitrogens with zero attached hydrogens (tertiary/aromatic N) is 4. The molecule has 0 bridgehead atoms. The molecule has 128 valence electrons. The van der Waals surface area contributed by atoms with Gasteiger partial charge in [0.25, 0.3) is 5.91 Å². The average molecular weight is 332 g/mol. The van der Waals surface area contributed by atoms with Gasteiger partial charge >= 0.3 is 5.97 Å². The van der Waals surface area contributed by atoms with Crippen LogP contribution >= 0.6 is 0 Å². The number of carboxylic acids is 1. The van der Waals surface area contributed by atoms with Gasteiger partial charge < -0.3 is 14.7 Å². The monoisotopic (exact) mass is 332 g/mol. The number of aliphatic carboxylic acids is 1. The predicted molar refractivity (Wildman–Crippen MR) is 85.9 cm³/mol.